The molecule has 1 N–H and O–H groups in total. The van der Waals surface area contributed by atoms with Gasteiger partial charge in [0, 0.05) is 11.9 Å². The number of carbonyl (C=O) groups is 1. The van der Waals surface area contributed by atoms with Crippen LogP contribution >= 0.6 is 39.1 Å². The van der Waals surface area contributed by atoms with E-state index in [1.807, 2.05) is 30.5 Å². The first-order chi connectivity index (χ1) is 11.4. The first kappa shape index (κ1) is 17.3. The number of hydrogen-bond acceptors (Lipinski definition) is 2. The van der Waals surface area contributed by atoms with Crippen LogP contribution in [0.15, 0.2) is 34.9 Å². The van der Waals surface area contributed by atoms with E-state index in [0.29, 0.717) is 27.8 Å². The number of halogens is 3. The van der Waals surface area contributed by atoms with Gasteiger partial charge in [-0.05, 0) is 59.1 Å². The molecule has 2 aromatic heterocycles. The predicted molar refractivity (Wildman–Crippen MR) is 101 cm³/mol. The molecule has 1 amide bonds. The van der Waals surface area contributed by atoms with Crippen molar-refractivity contribution in [3.63, 3.8) is 0 Å². The molecular weight excluding hydrogens is 413 g/mol. The number of anilines is 1. The maximum Gasteiger partial charge on any atom is 0.274 e. The van der Waals surface area contributed by atoms with Gasteiger partial charge in [-0.2, -0.15) is 0 Å². The molecule has 124 valence electrons. The van der Waals surface area contributed by atoms with Crippen molar-refractivity contribution in [1.82, 2.24) is 9.38 Å². The molecule has 0 aliphatic heterocycles. The number of imidazole rings is 1. The third-order valence-corrected chi connectivity index (χ3v) is 4.93. The van der Waals surface area contributed by atoms with E-state index < -0.39 is 0 Å². The van der Waals surface area contributed by atoms with Crippen molar-refractivity contribution >= 4 is 56.4 Å². The molecule has 4 nitrogen and oxygen atoms in total. The van der Waals surface area contributed by atoms with Gasteiger partial charge in [0.2, 0.25) is 0 Å². The highest BCUT2D eigenvalue weighted by molar-refractivity contribution is 9.10. The third-order valence-electron chi connectivity index (χ3n) is 3.61. The minimum absolute atomic E-state index is 0.241. The fourth-order valence-corrected chi connectivity index (χ4v) is 3.47. The number of nitrogens with zero attached hydrogens (tertiary/aromatic N) is 2. The Morgan fingerprint density at radius 3 is 2.71 bits per heavy atom. The van der Waals surface area contributed by atoms with E-state index in [1.165, 1.54) is 0 Å². The molecule has 0 aliphatic carbocycles. The smallest absolute Gasteiger partial charge is 0.274 e. The van der Waals surface area contributed by atoms with Crippen molar-refractivity contribution in [2.45, 2.75) is 20.3 Å². The summed E-state index contributed by atoms with van der Waals surface area (Å²) in [5.41, 5.74) is 3.58. The Balaban J connectivity index is 2.07. The lowest BCUT2D eigenvalue weighted by molar-refractivity contribution is 0.102. The van der Waals surface area contributed by atoms with Crippen LogP contribution in [0, 0.1) is 6.92 Å². The number of hydrogen-bond donors (Lipinski definition) is 1. The van der Waals surface area contributed by atoms with Crippen LogP contribution in [0.2, 0.25) is 10.0 Å². The molecule has 0 radical (unpaired) electrons. The molecule has 0 fully saturated rings. The number of aromatic nitrogens is 2. The second-order valence-electron chi connectivity index (χ2n) is 5.40. The van der Waals surface area contributed by atoms with E-state index in [2.05, 4.69) is 26.2 Å². The van der Waals surface area contributed by atoms with E-state index in [1.54, 1.807) is 18.2 Å². The highest BCUT2D eigenvalue weighted by Crippen LogP contribution is 2.27. The summed E-state index contributed by atoms with van der Waals surface area (Å²) >= 11 is 15.4. The fourth-order valence-electron chi connectivity index (χ4n) is 2.53. The molecule has 0 atom stereocenters. The summed E-state index contributed by atoms with van der Waals surface area (Å²) in [4.78, 5) is 17.4. The quantitative estimate of drug-likeness (QED) is 0.598. The SMILES string of the molecule is CCc1nc2c(Br)cc(C)cn2c1C(=O)Nc1ccc(Cl)c(Cl)c1. The second-order valence-corrected chi connectivity index (χ2v) is 7.07. The lowest BCUT2D eigenvalue weighted by Gasteiger charge is -2.08. The monoisotopic (exact) mass is 425 g/mol. The van der Waals surface area contributed by atoms with Crippen molar-refractivity contribution in [1.29, 1.82) is 0 Å². The van der Waals surface area contributed by atoms with Gasteiger partial charge in [-0.1, -0.05) is 30.1 Å². The van der Waals surface area contributed by atoms with Crippen LogP contribution < -0.4 is 5.32 Å². The van der Waals surface area contributed by atoms with Crippen LogP contribution in [0.4, 0.5) is 5.69 Å². The van der Waals surface area contributed by atoms with Gasteiger partial charge in [-0.25, -0.2) is 4.98 Å². The molecule has 3 aromatic rings. The van der Waals surface area contributed by atoms with Crippen LogP contribution in [0.25, 0.3) is 5.65 Å². The van der Waals surface area contributed by atoms with Crippen molar-refractivity contribution in [3.05, 3.63) is 61.9 Å². The molecule has 0 saturated heterocycles. The minimum Gasteiger partial charge on any atom is -0.321 e. The first-order valence-corrected chi connectivity index (χ1v) is 8.89. The summed E-state index contributed by atoms with van der Waals surface area (Å²) in [6.07, 6.45) is 2.55. The van der Waals surface area contributed by atoms with Crippen LogP contribution in [-0.4, -0.2) is 15.3 Å². The second kappa shape index (κ2) is 6.75. The van der Waals surface area contributed by atoms with Gasteiger partial charge in [-0.3, -0.25) is 9.20 Å². The third kappa shape index (κ3) is 3.16. The largest absolute Gasteiger partial charge is 0.321 e. The van der Waals surface area contributed by atoms with Gasteiger partial charge in [-0.15, -0.1) is 0 Å². The van der Waals surface area contributed by atoms with Crippen LogP contribution in [0.3, 0.4) is 0 Å². The molecular formula is C17H14BrCl2N3O. The summed E-state index contributed by atoms with van der Waals surface area (Å²) in [6.45, 7) is 3.94. The molecule has 3 rings (SSSR count). The molecule has 2 heterocycles. The van der Waals surface area contributed by atoms with Crippen molar-refractivity contribution < 1.29 is 4.79 Å². The molecule has 0 bridgehead atoms. The Labute approximate surface area is 157 Å². The highest BCUT2D eigenvalue weighted by Gasteiger charge is 2.20. The maximum absolute atomic E-state index is 12.8. The van der Waals surface area contributed by atoms with Gasteiger partial charge in [0.25, 0.3) is 5.91 Å². The Kier molecular flexibility index (Phi) is 4.85. The van der Waals surface area contributed by atoms with Gasteiger partial charge in [0.05, 0.1) is 20.2 Å². The lowest BCUT2D eigenvalue weighted by Crippen LogP contribution is -2.16. The van der Waals surface area contributed by atoms with Gasteiger partial charge < -0.3 is 5.32 Å². The van der Waals surface area contributed by atoms with Crippen molar-refractivity contribution in [2.24, 2.45) is 0 Å². The number of rotatable bonds is 3. The predicted octanol–water partition coefficient (Wildman–Crippen LogP) is 5.53. The van der Waals surface area contributed by atoms with Crippen LogP contribution in [0.1, 0.15) is 28.7 Å². The van der Waals surface area contributed by atoms with Crippen molar-refractivity contribution in [3.8, 4) is 0 Å². The fraction of sp³-hybridized carbons (Fsp3) is 0.176. The summed E-state index contributed by atoms with van der Waals surface area (Å²) < 4.78 is 2.66. The molecule has 7 heteroatoms. The Bertz CT molecular complexity index is 953. The average molecular weight is 427 g/mol. The standard InChI is InChI=1S/C17H14BrCl2N3O/c1-3-14-15(23-8-9(2)6-11(18)16(23)22-14)17(24)21-10-4-5-12(19)13(20)7-10/h4-8H,3H2,1-2H3,(H,21,24). The number of benzene rings is 1. The topological polar surface area (TPSA) is 46.4 Å². The maximum atomic E-state index is 12.8. The normalized spacial score (nSPS) is 11.0. The number of aryl methyl sites for hydroxylation is 2. The Morgan fingerprint density at radius 1 is 1.29 bits per heavy atom. The Morgan fingerprint density at radius 2 is 2.04 bits per heavy atom. The Hall–Kier alpha value is -1.56. The summed E-state index contributed by atoms with van der Waals surface area (Å²) in [7, 11) is 0. The van der Waals surface area contributed by atoms with E-state index in [4.69, 9.17) is 23.2 Å². The zero-order chi connectivity index (χ0) is 17.4. The van der Waals surface area contributed by atoms with E-state index in [9.17, 15) is 4.79 Å². The highest BCUT2D eigenvalue weighted by atomic mass is 79.9. The van der Waals surface area contributed by atoms with Crippen LogP contribution in [0.5, 0.6) is 0 Å². The lowest BCUT2D eigenvalue weighted by atomic mass is 10.2. The summed E-state index contributed by atoms with van der Waals surface area (Å²) in [5.74, 6) is -0.241. The number of nitrogens with one attached hydrogen (secondary N) is 1. The number of carbonyl (C=O) groups excluding carboxylic acids is 1. The van der Waals surface area contributed by atoms with E-state index in [0.717, 1.165) is 21.4 Å². The zero-order valence-electron chi connectivity index (χ0n) is 13.0. The average Bonchev–Trinajstić information content (AvgIpc) is 2.89. The van der Waals surface area contributed by atoms with Gasteiger partial charge >= 0.3 is 0 Å². The molecule has 0 spiro atoms. The van der Waals surface area contributed by atoms with Gasteiger partial charge in [0.1, 0.15) is 5.69 Å². The molecule has 1 aromatic carbocycles. The molecule has 0 saturated carbocycles. The minimum atomic E-state index is -0.241. The molecule has 24 heavy (non-hydrogen) atoms. The number of pyridine rings is 1. The summed E-state index contributed by atoms with van der Waals surface area (Å²) in [5, 5.41) is 3.69. The van der Waals surface area contributed by atoms with Crippen molar-refractivity contribution in [2.75, 3.05) is 5.32 Å². The zero-order valence-corrected chi connectivity index (χ0v) is 16.1. The number of amides is 1. The van der Waals surface area contributed by atoms with E-state index >= 15 is 0 Å². The first-order valence-electron chi connectivity index (χ1n) is 7.34. The molecule has 0 unspecified atom stereocenters. The van der Waals surface area contributed by atoms with Crippen LogP contribution in [-0.2, 0) is 6.42 Å². The van der Waals surface area contributed by atoms with E-state index in [-0.39, 0.29) is 5.91 Å². The summed E-state index contributed by atoms with van der Waals surface area (Å²) in [6, 6.07) is 6.96. The molecule has 0 aliphatic rings. The van der Waals surface area contributed by atoms with Gasteiger partial charge in [0.15, 0.2) is 5.65 Å². The number of fused-ring (bicyclic) bond motifs is 1.